The smallest absolute Gasteiger partial charge is 0.242 e. The summed E-state index contributed by atoms with van der Waals surface area (Å²) < 4.78 is 15.0. The van der Waals surface area contributed by atoms with Gasteiger partial charge in [0.25, 0.3) is 0 Å². The van der Waals surface area contributed by atoms with Crippen LogP contribution in [0.1, 0.15) is 25.7 Å². The monoisotopic (exact) mass is 283 g/mol. The Morgan fingerprint density at radius 1 is 1.58 bits per heavy atom. The first-order chi connectivity index (χ1) is 9.08. The van der Waals surface area contributed by atoms with Crippen LogP contribution < -0.4 is 5.32 Å². The maximum Gasteiger partial charge on any atom is 0.242 e. The number of halogens is 2. The molecule has 0 bridgehead atoms. The fraction of sp³-hybridized carbons (Fsp3) is 0.385. The summed E-state index contributed by atoms with van der Waals surface area (Å²) in [6, 6.07) is 3.81. The number of nitrogens with zero attached hydrogens (tertiary/aromatic N) is 2. The molecule has 4 nitrogen and oxygen atoms in total. The molecule has 2 rings (SSSR count). The third kappa shape index (κ3) is 2.56. The number of benzene rings is 1. The first kappa shape index (κ1) is 13.8. The first-order valence-corrected chi connectivity index (χ1v) is 6.62. The highest BCUT2D eigenvalue weighted by atomic mass is 35.5. The Bertz CT molecular complexity index is 611. The highest BCUT2D eigenvalue weighted by molar-refractivity contribution is 6.16. The van der Waals surface area contributed by atoms with Crippen molar-refractivity contribution in [3.05, 3.63) is 29.8 Å². The largest absolute Gasteiger partial charge is 0.355 e. The number of amides is 1. The number of imidazole rings is 1. The van der Waals surface area contributed by atoms with Crippen molar-refractivity contribution in [3.63, 3.8) is 0 Å². The van der Waals surface area contributed by atoms with Crippen molar-refractivity contribution in [2.75, 3.05) is 6.54 Å². The molecule has 19 heavy (non-hydrogen) atoms. The minimum Gasteiger partial charge on any atom is -0.355 e. The number of fused-ring (bicyclic) bond motifs is 1. The number of carbonyl (C=O) groups excluding carboxylic acids is 1. The lowest BCUT2D eigenvalue weighted by Gasteiger charge is -2.16. The van der Waals surface area contributed by atoms with Crippen LogP contribution in [-0.4, -0.2) is 22.0 Å². The predicted octanol–water partition coefficient (Wildman–Crippen LogP) is 2.61. The van der Waals surface area contributed by atoms with E-state index in [9.17, 15) is 9.18 Å². The molecule has 6 heteroatoms. The maximum absolute atomic E-state index is 13.4. The van der Waals surface area contributed by atoms with E-state index in [-0.39, 0.29) is 17.6 Å². The predicted molar refractivity (Wildman–Crippen MR) is 72.6 cm³/mol. The van der Waals surface area contributed by atoms with Crippen molar-refractivity contribution in [2.24, 2.45) is 0 Å². The fourth-order valence-electron chi connectivity index (χ4n) is 2.08. The summed E-state index contributed by atoms with van der Waals surface area (Å²) in [7, 11) is 0. The van der Waals surface area contributed by atoms with Crippen LogP contribution in [0.2, 0.25) is 0 Å². The van der Waals surface area contributed by atoms with Crippen LogP contribution in [0.4, 0.5) is 4.39 Å². The standard InChI is InChI=1S/C13H15ClFN3O/c1-3-16-13(19)8(2)18-11-6-9(15)4-5-10(11)17-12(18)7-14/h4-6,8H,3,7H2,1-2H3,(H,16,19). The van der Waals surface area contributed by atoms with E-state index in [1.807, 2.05) is 6.92 Å². The van der Waals surface area contributed by atoms with Crippen LogP contribution in [0, 0.1) is 5.82 Å². The molecule has 0 aliphatic carbocycles. The quantitative estimate of drug-likeness (QED) is 0.877. The Balaban J connectivity index is 2.56. The Kier molecular flexibility index (Phi) is 4.04. The summed E-state index contributed by atoms with van der Waals surface area (Å²) in [6.07, 6.45) is 0. The van der Waals surface area contributed by atoms with Gasteiger partial charge in [0.05, 0.1) is 16.9 Å². The summed E-state index contributed by atoms with van der Waals surface area (Å²) in [5, 5.41) is 2.74. The van der Waals surface area contributed by atoms with Gasteiger partial charge in [0.1, 0.15) is 17.7 Å². The van der Waals surface area contributed by atoms with Gasteiger partial charge in [-0.2, -0.15) is 0 Å². The normalized spacial score (nSPS) is 12.6. The van der Waals surface area contributed by atoms with Gasteiger partial charge in [-0.3, -0.25) is 4.79 Å². The molecular weight excluding hydrogens is 269 g/mol. The summed E-state index contributed by atoms with van der Waals surface area (Å²) in [5.41, 5.74) is 1.21. The van der Waals surface area contributed by atoms with Gasteiger partial charge in [0.15, 0.2) is 0 Å². The Labute approximate surface area is 115 Å². The Hall–Kier alpha value is -1.62. The molecule has 1 aromatic heterocycles. The van der Waals surface area contributed by atoms with Crippen molar-refractivity contribution in [2.45, 2.75) is 25.8 Å². The van der Waals surface area contributed by atoms with Crippen LogP contribution in [-0.2, 0) is 10.7 Å². The van der Waals surface area contributed by atoms with Gasteiger partial charge in [0.2, 0.25) is 5.91 Å². The van der Waals surface area contributed by atoms with Crippen LogP contribution in [0.3, 0.4) is 0 Å². The number of aromatic nitrogens is 2. The van der Waals surface area contributed by atoms with Gasteiger partial charge in [0, 0.05) is 6.54 Å². The van der Waals surface area contributed by atoms with Crippen molar-refractivity contribution < 1.29 is 9.18 Å². The summed E-state index contributed by atoms with van der Waals surface area (Å²) in [5.74, 6) is 0.219. The molecule has 1 atom stereocenters. The second-order valence-electron chi connectivity index (χ2n) is 4.24. The van der Waals surface area contributed by atoms with Gasteiger partial charge in [-0.15, -0.1) is 11.6 Å². The molecular formula is C13H15ClFN3O. The SMILES string of the molecule is CCNC(=O)C(C)n1c(CCl)nc2ccc(F)cc21. The average Bonchev–Trinajstić information content (AvgIpc) is 2.75. The number of alkyl halides is 1. The zero-order valence-electron chi connectivity index (χ0n) is 10.8. The molecule has 1 unspecified atom stereocenters. The molecule has 0 saturated carbocycles. The number of hydrogen-bond acceptors (Lipinski definition) is 2. The van der Waals surface area contributed by atoms with E-state index >= 15 is 0 Å². The number of likely N-dealkylation sites (N-methyl/N-ethyl adjacent to an activating group) is 1. The Morgan fingerprint density at radius 2 is 2.32 bits per heavy atom. The lowest BCUT2D eigenvalue weighted by atomic mass is 10.2. The molecule has 0 spiro atoms. The van der Waals surface area contributed by atoms with E-state index in [4.69, 9.17) is 11.6 Å². The molecule has 0 radical (unpaired) electrons. The van der Waals surface area contributed by atoms with E-state index in [0.717, 1.165) is 0 Å². The molecule has 2 aromatic rings. The number of carbonyl (C=O) groups is 1. The van der Waals surface area contributed by atoms with Crippen LogP contribution in [0.25, 0.3) is 11.0 Å². The van der Waals surface area contributed by atoms with Gasteiger partial charge in [-0.25, -0.2) is 9.37 Å². The molecule has 0 fully saturated rings. The molecule has 1 heterocycles. The van der Waals surface area contributed by atoms with Crippen molar-refractivity contribution in [3.8, 4) is 0 Å². The number of nitrogens with one attached hydrogen (secondary N) is 1. The van der Waals surface area contributed by atoms with Crippen LogP contribution >= 0.6 is 11.6 Å². The Morgan fingerprint density at radius 3 is 2.95 bits per heavy atom. The van der Waals surface area contributed by atoms with Gasteiger partial charge in [-0.05, 0) is 32.0 Å². The molecule has 1 amide bonds. The molecule has 1 N–H and O–H groups in total. The molecule has 102 valence electrons. The minimum atomic E-state index is -0.486. The molecule has 1 aromatic carbocycles. The third-order valence-corrected chi connectivity index (χ3v) is 3.20. The van der Waals surface area contributed by atoms with Gasteiger partial charge in [-0.1, -0.05) is 0 Å². The van der Waals surface area contributed by atoms with E-state index in [0.29, 0.717) is 23.4 Å². The zero-order valence-corrected chi connectivity index (χ0v) is 11.5. The second-order valence-corrected chi connectivity index (χ2v) is 4.50. The van der Waals surface area contributed by atoms with E-state index in [1.165, 1.54) is 12.1 Å². The summed E-state index contributed by atoms with van der Waals surface area (Å²) >= 11 is 5.86. The van der Waals surface area contributed by atoms with Crippen molar-refractivity contribution in [1.29, 1.82) is 0 Å². The van der Waals surface area contributed by atoms with Gasteiger partial charge >= 0.3 is 0 Å². The molecule has 0 aliphatic rings. The number of hydrogen-bond donors (Lipinski definition) is 1. The van der Waals surface area contributed by atoms with Crippen molar-refractivity contribution >= 4 is 28.5 Å². The zero-order chi connectivity index (χ0) is 14.0. The lowest BCUT2D eigenvalue weighted by Crippen LogP contribution is -2.31. The fourth-order valence-corrected chi connectivity index (χ4v) is 2.27. The number of rotatable bonds is 4. The highest BCUT2D eigenvalue weighted by Gasteiger charge is 2.20. The van der Waals surface area contributed by atoms with Crippen LogP contribution in [0.5, 0.6) is 0 Å². The summed E-state index contributed by atoms with van der Waals surface area (Å²) in [4.78, 5) is 16.3. The van der Waals surface area contributed by atoms with E-state index in [2.05, 4.69) is 10.3 Å². The molecule has 0 aliphatic heterocycles. The van der Waals surface area contributed by atoms with Gasteiger partial charge < -0.3 is 9.88 Å². The maximum atomic E-state index is 13.4. The highest BCUT2D eigenvalue weighted by Crippen LogP contribution is 2.23. The minimum absolute atomic E-state index is 0.141. The molecule has 0 saturated heterocycles. The third-order valence-electron chi connectivity index (χ3n) is 2.96. The van der Waals surface area contributed by atoms with E-state index in [1.54, 1.807) is 17.6 Å². The first-order valence-electron chi connectivity index (χ1n) is 6.08. The average molecular weight is 284 g/mol. The lowest BCUT2D eigenvalue weighted by molar-refractivity contribution is -0.123. The van der Waals surface area contributed by atoms with Crippen molar-refractivity contribution in [1.82, 2.24) is 14.9 Å². The second kappa shape index (κ2) is 5.57. The topological polar surface area (TPSA) is 46.9 Å². The van der Waals surface area contributed by atoms with E-state index < -0.39 is 6.04 Å². The van der Waals surface area contributed by atoms with Crippen LogP contribution in [0.15, 0.2) is 18.2 Å². The summed E-state index contributed by atoms with van der Waals surface area (Å²) in [6.45, 7) is 4.13.